The number of halogens is 4. The van der Waals surface area contributed by atoms with Crippen LogP contribution < -0.4 is 4.90 Å². The molecule has 5 nitrogen and oxygen atoms in total. The van der Waals surface area contributed by atoms with Gasteiger partial charge in [-0.3, -0.25) is 4.90 Å². The molecule has 1 aromatic rings. The van der Waals surface area contributed by atoms with E-state index in [1.807, 2.05) is 0 Å². The summed E-state index contributed by atoms with van der Waals surface area (Å²) in [6.45, 7) is 1.44. The summed E-state index contributed by atoms with van der Waals surface area (Å²) in [7, 11) is 0. The van der Waals surface area contributed by atoms with Crippen molar-refractivity contribution in [2.45, 2.75) is 25.6 Å². The lowest BCUT2D eigenvalue weighted by atomic mass is 9.93. The molecule has 2 rings (SSSR count). The van der Waals surface area contributed by atoms with Crippen LogP contribution >= 0.6 is 0 Å². The Balaban J connectivity index is 2.74. The SMILES string of the molecule is CC1CC(=NO)c2cc(F)c(C(F)(F)F)cc2N1C(=O)O. The summed E-state index contributed by atoms with van der Waals surface area (Å²) in [4.78, 5) is 11.9. The van der Waals surface area contributed by atoms with Gasteiger partial charge < -0.3 is 10.3 Å². The Morgan fingerprint density at radius 3 is 2.52 bits per heavy atom. The molecule has 1 amide bonds. The summed E-state index contributed by atoms with van der Waals surface area (Å²) < 4.78 is 51.8. The predicted octanol–water partition coefficient (Wildman–Crippen LogP) is 3.30. The van der Waals surface area contributed by atoms with Gasteiger partial charge >= 0.3 is 12.3 Å². The molecule has 0 bridgehead atoms. The van der Waals surface area contributed by atoms with Crippen LogP contribution in [0.15, 0.2) is 17.3 Å². The Hall–Kier alpha value is -2.32. The highest BCUT2D eigenvalue weighted by Gasteiger charge is 2.39. The van der Waals surface area contributed by atoms with Gasteiger partial charge in [-0.25, -0.2) is 9.18 Å². The molecule has 2 N–H and O–H groups in total. The lowest BCUT2D eigenvalue weighted by Crippen LogP contribution is -2.43. The summed E-state index contributed by atoms with van der Waals surface area (Å²) in [5.41, 5.74) is -2.17. The molecule has 0 radical (unpaired) electrons. The zero-order valence-electron chi connectivity index (χ0n) is 10.6. The van der Waals surface area contributed by atoms with E-state index in [-0.39, 0.29) is 23.4 Å². The summed E-state index contributed by atoms with van der Waals surface area (Å²) in [5.74, 6) is -1.55. The fraction of sp³-hybridized carbons (Fsp3) is 0.333. The van der Waals surface area contributed by atoms with Crippen molar-refractivity contribution < 1.29 is 32.7 Å². The Labute approximate surface area is 116 Å². The van der Waals surface area contributed by atoms with Crippen LogP contribution in [0.4, 0.5) is 28.0 Å². The molecular weight excluding hydrogens is 296 g/mol. The van der Waals surface area contributed by atoms with Gasteiger partial charge in [-0.1, -0.05) is 5.16 Å². The predicted molar refractivity (Wildman–Crippen MR) is 64.3 cm³/mol. The van der Waals surface area contributed by atoms with E-state index >= 15 is 0 Å². The summed E-state index contributed by atoms with van der Waals surface area (Å²) >= 11 is 0. The van der Waals surface area contributed by atoms with E-state index in [4.69, 9.17) is 10.3 Å². The Kier molecular flexibility index (Phi) is 3.52. The van der Waals surface area contributed by atoms with Gasteiger partial charge in [-0.2, -0.15) is 13.2 Å². The molecule has 1 aromatic carbocycles. The first kappa shape index (κ1) is 15.1. The zero-order chi connectivity index (χ0) is 15.9. The van der Waals surface area contributed by atoms with Crippen molar-refractivity contribution in [3.8, 4) is 0 Å². The molecule has 1 heterocycles. The van der Waals surface area contributed by atoms with E-state index in [2.05, 4.69) is 5.16 Å². The van der Waals surface area contributed by atoms with E-state index in [1.54, 1.807) is 0 Å². The molecule has 1 aliphatic heterocycles. The number of nitrogens with zero attached hydrogens (tertiary/aromatic N) is 2. The smallest absolute Gasteiger partial charge is 0.419 e. The molecule has 1 atom stereocenters. The van der Waals surface area contributed by atoms with Crippen LogP contribution in [0.25, 0.3) is 0 Å². The van der Waals surface area contributed by atoms with Crippen molar-refractivity contribution in [1.82, 2.24) is 0 Å². The number of rotatable bonds is 0. The maximum absolute atomic E-state index is 13.6. The summed E-state index contributed by atoms with van der Waals surface area (Å²) in [5, 5.41) is 20.9. The van der Waals surface area contributed by atoms with Crippen LogP contribution in [0.5, 0.6) is 0 Å². The van der Waals surface area contributed by atoms with Gasteiger partial charge in [0.25, 0.3) is 0 Å². The quantitative estimate of drug-likeness (QED) is 0.439. The van der Waals surface area contributed by atoms with Crippen molar-refractivity contribution >= 4 is 17.5 Å². The van der Waals surface area contributed by atoms with Crippen LogP contribution in [0.2, 0.25) is 0 Å². The minimum Gasteiger partial charge on any atom is -0.465 e. The highest BCUT2D eigenvalue weighted by Crippen LogP contribution is 2.39. The Morgan fingerprint density at radius 1 is 1.43 bits per heavy atom. The number of carboxylic acid groups (broad SMARTS) is 1. The first-order valence-corrected chi connectivity index (χ1v) is 5.81. The van der Waals surface area contributed by atoms with Gasteiger partial charge in [0.1, 0.15) is 5.82 Å². The van der Waals surface area contributed by atoms with Gasteiger partial charge in [0, 0.05) is 18.0 Å². The van der Waals surface area contributed by atoms with Crippen LogP contribution in [0.1, 0.15) is 24.5 Å². The van der Waals surface area contributed by atoms with E-state index in [0.717, 1.165) is 0 Å². The highest BCUT2D eigenvalue weighted by molar-refractivity contribution is 6.10. The van der Waals surface area contributed by atoms with Crippen molar-refractivity contribution in [1.29, 1.82) is 0 Å². The fourth-order valence-electron chi connectivity index (χ4n) is 2.31. The minimum absolute atomic E-state index is 0.0411. The number of hydrogen-bond donors (Lipinski definition) is 2. The number of benzene rings is 1. The van der Waals surface area contributed by atoms with Crippen molar-refractivity contribution in [2.75, 3.05) is 4.90 Å². The largest absolute Gasteiger partial charge is 0.465 e. The number of alkyl halides is 3. The average molecular weight is 306 g/mol. The average Bonchev–Trinajstić information content (AvgIpc) is 2.35. The number of amides is 1. The fourth-order valence-corrected chi connectivity index (χ4v) is 2.31. The molecule has 0 spiro atoms. The van der Waals surface area contributed by atoms with E-state index in [1.165, 1.54) is 6.92 Å². The molecule has 1 aliphatic rings. The third-order valence-electron chi connectivity index (χ3n) is 3.22. The summed E-state index contributed by atoms with van der Waals surface area (Å²) in [6, 6.07) is 0.210. The molecule has 21 heavy (non-hydrogen) atoms. The van der Waals surface area contributed by atoms with Gasteiger partial charge in [0.15, 0.2) is 0 Å². The number of oxime groups is 1. The van der Waals surface area contributed by atoms with E-state index in [0.29, 0.717) is 17.0 Å². The van der Waals surface area contributed by atoms with Crippen LogP contribution in [0, 0.1) is 5.82 Å². The molecular formula is C12H10F4N2O3. The standard InChI is InChI=1S/C12H10F4N2O3/c1-5-2-9(17-21)6-3-8(13)7(12(14,15)16)4-10(6)18(5)11(19)20/h3-5,21H,2H2,1H3,(H,19,20). The molecule has 0 aromatic heterocycles. The van der Waals surface area contributed by atoms with E-state index in [9.17, 15) is 22.4 Å². The first-order chi connectivity index (χ1) is 9.66. The second-order valence-electron chi connectivity index (χ2n) is 4.60. The zero-order valence-corrected chi connectivity index (χ0v) is 10.6. The van der Waals surface area contributed by atoms with Crippen molar-refractivity contribution in [3.63, 3.8) is 0 Å². The molecule has 114 valence electrons. The molecule has 0 saturated heterocycles. The van der Waals surface area contributed by atoms with Gasteiger partial charge in [0.2, 0.25) is 0 Å². The Morgan fingerprint density at radius 2 is 2.05 bits per heavy atom. The Bertz CT molecular complexity index is 628. The van der Waals surface area contributed by atoms with E-state index < -0.39 is 29.7 Å². The molecule has 9 heteroatoms. The van der Waals surface area contributed by atoms with Gasteiger partial charge in [0.05, 0.1) is 17.0 Å². The normalized spacial score (nSPS) is 20.5. The lowest BCUT2D eigenvalue weighted by Gasteiger charge is -2.33. The third kappa shape index (κ3) is 2.50. The summed E-state index contributed by atoms with van der Waals surface area (Å²) in [6.07, 6.45) is -6.47. The number of carbonyl (C=O) groups is 1. The topological polar surface area (TPSA) is 73.1 Å². The molecule has 0 saturated carbocycles. The van der Waals surface area contributed by atoms with Crippen LogP contribution in [-0.2, 0) is 6.18 Å². The number of hydrogen-bond acceptors (Lipinski definition) is 3. The lowest BCUT2D eigenvalue weighted by molar-refractivity contribution is -0.139. The minimum atomic E-state index is -4.96. The maximum atomic E-state index is 13.6. The van der Waals surface area contributed by atoms with Crippen molar-refractivity contribution in [3.05, 3.63) is 29.1 Å². The number of anilines is 1. The third-order valence-corrected chi connectivity index (χ3v) is 3.22. The van der Waals surface area contributed by atoms with Crippen LogP contribution in [0.3, 0.4) is 0 Å². The molecule has 0 aliphatic carbocycles. The molecule has 1 unspecified atom stereocenters. The van der Waals surface area contributed by atoms with Crippen molar-refractivity contribution in [2.24, 2.45) is 5.16 Å². The van der Waals surface area contributed by atoms with Crippen LogP contribution in [-0.4, -0.2) is 28.2 Å². The maximum Gasteiger partial charge on any atom is 0.419 e. The highest BCUT2D eigenvalue weighted by atomic mass is 19.4. The monoisotopic (exact) mass is 306 g/mol. The first-order valence-electron chi connectivity index (χ1n) is 5.81. The number of fused-ring (bicyclic) bond motifs is 1. The van der Waals surface area contributed by atoms with Gasteiger partial charge in [-0.05, 0) is 19.1 Å². The second kappa shape index (κ2) is 4.90. The molecule has 0 fully saturated rings. The second-order valence-corrected chi connectivity index (χ2v) is 4.60. The van der Waals surface area contributed by atoms with Gasteiger partial charge in [-0.15, -0.1) is 0 Å².